The van der Waals surface area contributed by atoms with E-state index < -0.39 is 0 Å². The van der Waals surface area contributed by atoms with Gasteiger partial charge in [0.05, 0.1) is 6.67 Å². The summed E-state index contributed by atoms with van der Waals surface area (Å²) in [5.41, 5.74) is 5.40. The van der Waals surface area contributed by atoms with E-state index in [2.05, 4.69) is 15.3 Å². The number of halogens is 1. The van der Waals surface area contributed by atoms with Crippen molar-refractivity contribution < 1.29 is 4.39 Å². The molecule has 0 aromatic carbocycles. The molecule has 0 spiro atoms. The van der Waals surface area contributed by atoms with Crippen molar-refractivity contribution in [2.45, 2.75) is 6.42 Å². The first-order valence-electron chi connectivity index (χ1n) is 3.70. The summed E-state index contributed by atoms with van der Waals surface area (Å²) in [6, 6.07) is 1.61. The predicted molar refractivity (Wildman–Crippen MR) is 45.5 cm³/mol. The summed E-state index contributed by atoms with van der Waals surface area (Å²) in [6.07, 6.45) is 1.84. The van der Waals surface area contributed by atoms with Crippen molar-refractivity contribution >= 4 is 11.6 Å². The zero-order chi connectivity index (χ0) is 8.81. The van der Waals surface area contributed by atoms with Gasteiger partial charge in [0.15, 0.2) is 0 Å². The van der Waals surface area contributed by atoms with Crippen molar-refractivity contribution in [1.29, 1.82) is 0 Å². The van der Waals surface area contributed by atoms with Gasteiger partial charge in [-0.05, 0) is 6.42 Å². The molecule has 12 heavy (non-hydrogen) atoms. The average Bonchev–Trinajstić information content (AvgIpc) is 2.05. The molecule has 0 fully saturated rings. The van der Waals surface area contributed by atoms with Crippen molar-refractivity contribution in [3.8, 4) is 0 Å². The summed E-state index contributed by atoms with van der Waals surface area (Å²) < 4.78 is 11.7. The second kappa shape index (κ2) is 4.48. The lowest BCUT2D eigenvalue weighted by molar-refractivity contribution is 0.481. The van der Waals surface area contributed by atoms with Crippen LogP contribution in [-0.2, 0) is 0 Å². The summed E-state index contributed by atoms with van der Waals surface area (Å²) in [5, 5.41) is 2.92. The van der Waals surface area contributed by atoms with E-state index in [0.29, 0.717) is 24.6 Å². The third-order valence-electron chi connectivity index (χ3n) is 1.30. The lowest BCUT2D eigenvalue weighted by Crippen LogP contribution is -2.04. The van der Waals surface area contributed by atoms with Gasteiger partial charge in [0.2, 0.25) is 0 Å². The van der Waals surface area contributed by atoms with E-state index in [1.807, 2.05) is 0 Å². The Kier molecular flexibility index (Phi) is 3.25. The molecule has 0 saturated heterocycles. The van der Waals surface area contributed by atoms with E-state index in [1.165, 1.54) is 6.33 Å². The molecule has 0 unspecified atom stereocenters. The molecule has 1 aromatic rings. The number of aromatic nitrogens is 2. The van der Waals surface area contributed by atoms with Crippen molar-refractivity contribution in [2.24, 2.45) is 0 Å². The number of nitrogens with two attached hydrogens (primary N) is 1. The Hall–Kier alpha value is -1.39. The van der Waals surface area contributed by atoms with Gasteiger partial charge in [-0.25, -0.2) is 9.97 Å². The maximum Gasteiger partial charge on any atom is 0.131 e. The maximum atomic E-state index is 11.7. The van der Waals surface area contributed by atoms with Gasteiger partial charge in [0.1, 0.15) is 18.0 Å². The second-order valence-electron chi connectivity index (χ2n) is 2.30. The minimum absolute atomic E-state index is 0.326. The average molecular weight is 170 g/mol. The van der Waals surface area contributed by atoms with Crippen LogP contribution >= 0.6 is 0 Å². The van der Waals surface area contributed by atoms with Crippen LogP contribution in [0, 0.1) is 0 Å². The Balaban J connectivity index is 2.41. The van der Waals surface area contributed by atoms with Gasteiger partial charge in [-0.1, -0.05) is 0 Å². The van der Waals surface area contributed by atoms with E-state index in [9.17, 15) is 4.39 Å². The van der Waals surface area contributed by atoms with Crippen LogP contribution in [0.2, 0.25) is 0 Å². The summed E-state index contributed by atoms with van der Waals surface area (Å²) in [4.78, 5) is 7.61. The molecule has 0 aliphatic carbocycles. The van der Waals surface area contributed by atoms with E-state index in [0.717, 1.165) is 0 Å². The third-order valence-corrected chi connectivity index (χ3v) is 1.30. The Morgan fingerprint density at radius 1 is 1.50 bits per heavy atom. The van der Waals surface area contributed by atoms with Gasteiger partial charge < -0.3 is 11.1 Å². The van der Waals surface area contributed by atoms with Crippen molar-refractivity contribution in [3.05, 3.63) is 12.4 Å². The SMILES string of the molecule is Nc1cc(NCCCF)ncn1. The van der Waals surface area contributed by atoms with Crippen LogP contribution in [0.25, 0.3) is 0 Å². The maximum absolute atomic E-state index is 11.7. The molecule has 5 heteroatoms. The molecule has 0 atom stereocenters. The monoisotopic (exact) mass is 170 g/mol. The molecule has 66 valence electrons. The highest BCUT2D eigenvalue weighted by Crippen LogP contribution is 2.03. The van der Waals surface area contributed by atoms with Crippen LogP contribution in [0.5, 0.6) is 0 Å². The first-order chi connectivity index (χ1) is 5.83. The van der Waals surface area contributed by atoms with E-state index in [4.69, 9.17) is 5.73 Å². The molecule has 0 saturated carbocycles. The molecule has 4 nitrogen and oxygen atoms in total. The second-order valence-corrected chi connectivity index (χ2v) is 2.30. The minimum atomic E-state index is -0.326. The predicted octanol–water partition coefficient (Wildman–Crippen LogP) is 0.830. The molecule has 0 radical (unpaired) electrons. The molecular weight excluding hydrogens is 159 g/mol. The molecular formula is C7H11FN4. The highest BCUT2D eigenvalue weighted by molar-refractivity contribution is 5.42. The highest BCUT2D eigenvalue weighted by Gasteiger charge is 1.93. The Labute approximate surface area is 70.0 Å². The van der Waals surface area contributed by atoms with Crippen LogP contribution in [0.3, 0.4) is 0 Å². The van der Waals surface area contributed by atoms with Gasteiger partial charge >= 0.3 is 0 Å². The summed E-state index contributed by atoms with van der Waals surface area (Å²) in [7, 11) is 0. The van der Waals surface area contributed by atoms with Crippen LogP contribution in [0.4, 0.5) is 16.0 Å². The number of rotatable bonds is 4. The number of alkyl halides is 1. The van der Waals surface area contributed by atoms with Gasteiger partial charge in [-0.15, -0.1) is 0 Å². The van der Waals surface area contributed by atoms with Gasteiger partial charge in [0, 0.05) is 12.6 Å². The Morgan fingerprint density at radius 3 is 3.00 bits per heavy atom. The fraction of sp³-hybridized carbons (Fsp3) is 0.429. The fourth-order valence-electron chi connectivity index (χ4n) is 0.752. The van der Waals surface area contributed by atoms with Crippen molar-refractivity contribution in [3.63, 3.8) is 0 Å². The molecule has 0 aliphatic heterocycles. The minimum Gasteiger partial charge on any atom is -0.384 e. The number of hydrogen-bond donors (Lipinski definition) is 2. The molecule has 3 N–H and O–H groups in total. The molecule has 1 rings (SSSR count). The lowest BCUT2D eigenvalue weighted by Gasteiger charge is -2.02. The zero-order valence-corrected chi connectivity index (χ0v) is 6.63. The Morgan fingerprint density at radius 2 is 2.33 bits per heavy atom. The smallest absolute Gasteiger partial charge is 0.131 e. The number of nitrogen functional groups attached to an aromatic ring is 1. The van der Waals surface area contributed by atoms with Crippen LogP contribution in [-0.4, -0.2) is 23.2 Å². The Bertz CT molecular complexity index is 241. The normalized spacial score (nSPS) is 9.75. The molecule has 1 heterocycles. The molecule has 1 aromatic heterocycles. The van der Waals surface area contributed by atoms with Gasteiger partial charge in [-0.3, -0.25) is 4.39 Å². The van der Waals surface area contributed by atoms with E-state index in [1.54, 1.807) is 6.07 Å². The standard InChI is InChI=1S/C7H11FN4/c8-2-1-3-10-7-4-6(9)11-5-12-7/h4-5H,1-3H2,(H3,9,10,11,12). The summed E-state index contributed by atoms with van der Waals surface area (Å²) >= 11 is 0. The number of nitrogens with one attached hydrogen (secondary N) is 1. The number of hydrogen-bond acceptors (Lipinski definition) is 4. The van der Waals surface area contributed by atoms with Gasteiger partial charge in [0.25, 0.3) is 0 Å². The molecule has 0 bridgehead atoms. The largest absolute Gasteiger partial charge is 0.384 e. The zero-order valence-electron chi connectivity index (χ0n) is 6.63. The fourth-order valence-corrected chi connectivity index (χ4v) is 0.752. The third kappa shape index (κ3) is 2.69. The van der Waals surface area contributed by atoms with Gasteiger partial charge in [-0.2, -0.15) is 0 Å². The van der Waals surface area contributed by atoms with E-state index in [-0.39, 0.29) is 6.67 Å². The quantitative estimate of drug-likeness (QED) is 0.657. The lowest BCUT2D eigenvalue weighted by atomic mass is 10.4. The van der Waals surface area contributed by atoms with Crippen molar-refractivity contribution in [1.82, 2.24) is 9.97 Å². The summed E-state index contributed by atoms with van der Waals surface area (Å²) in [6.45, 7) is 0.237. The summed E-state index contributed by atoms with van der Waals surface area (Å²) in [5.74, 6) is 1.05. The first-order valence-corrected chi connectivity index (χ1v) is 3.70. The van der Waals surface area contributed by atoms with E-state index >= 15 is 0 Å². The topological polar surface area (TPSA) is 63.8 Å². The van der Waals surface area contributed by atoms with Crippen LogP contribution in [0.1, 0.15) is 6.42 Å². The number of nitrogens with zero attached hydrogens (tertiary/aromatic N) is 2. The molecule has 0 amide bonds. The van der Waals surface area contributed by atoms with Crippen LogP contribution in [0.15, 0.2) is 12.4 Å². The number of anilines is 2. The van der Waals surface area contributed by atoms with Crippen molar-refractivity contribution in [2.75, 3.05) is 24.3 Å². The first kappa shape index (κ1) is 8.70. The van der Waals surface area contributed by atoms with Crippen LogP contribution < -0.4 is 11.1 Å². The highest BCUT2D eigenvalue weighted by atomic mass is 19.1. The molecule has 0 aliphatic rings.